The average molecular weight is 437 g/mol. The van der Waals surface area contributed by atoms with Crippen LogP contribution in [0.4, 0.5) is 0 Å². The summed E-state index contributed by atoms with van der Waals surface area (Å²) in [4.78, 5) is 23.9. The zero-order chi connectivity index (χ0) is 22.8. The highest BCUT2D eigenvalue weighted by molar-refractivity contribution is 7.14. The van der Waals surface area contributed by atoms with Crippen LogP contribution in [0.5, 0.6) is 5.75 Å². The maximum absolute atomic E-state index is 12.3. The lowest BCUT2D eigenvalue weighted by Crippen LogP contribution is -2.19. The van der Waals surface area contributed by atoms with Crippen molar-refractivity contribution < 1.29 is 19.8 Å². The third-order valence-electron chi connectivity index (χ3n) is 4.89. The van der Waals surface area contributed by atoms with Crippen LogP contribution in [0.2, 0.25) is 0 Å². The Morgan fingerprint density at radius 1 is 0.968 bits per heavy atom. The van der Waals surface area contributed by atoms with E-state index in [0.29, 0.717) is 11.3 Å². The van der Waals surface area contributed by atoms with Crippen molar-refractivity contribution in [2.45, 2.75) is 33.1 Å². The number of nitrogens with zero attached hydrogens (tertiary/aromatic N) is 1. The second-order valence-corrected chi connectivity index (χ2v) is 9.05. The minimum absolute atomic E-state index is 0.0522. The van der Waals surface area contributed by atoms with E-state index < -0.39 is 11.9 Å². The van der Waals surface area contributed by atoms with E-state index in [1.807, 2.05) is 12.1 Å². The SMILES string of the molecule is C/C(=N\NC(=O)c1ccc(C(=O)O)cc1)c1csc(-c2ccc(C(C)(C)C)cc2)c1O. The van der Waals surface area contributed by atoms with Crippen LogP contribution in [0.3, 0.4) is 0 Å². The zero-order valence-electron chi connectivity index (χ0n) is 17.8. The molecule has 0 aliphatic heterocycles. The van der Waals surface area contributed by atoms with Crippen LogP contribution in [0.25, 0.3) is 10.4 Å². The summed E-state index contributed by atoms with van der Waals surface area (Å²) in [5.41, 5.74) is 6.01. The maximum atomic E-state index is 12.3. The summed E-state index contributed by atoms with van der Waals surface area (Å²) < 4.78 is 0. The van der Waals surface area contributed by atoms with Gasteiger partial charge in [-0.25, -0.2) is 10.2 Å². The van der Waals surface area contributed by atoms with Gasteiger partial charge in [0.1, 0.15) is 5.75 Å². The fraction of sp³-hybridized carbons (Fsp3) is 0.208. The summed E-state index contributed by atoms with van der Waals surface area (Å²) >= 11 is 1.41. The molecule has 0 aliphatic carbocycles. The van der Waals surface area contributed by atoms with E-state index in [-0.39, 0.29) is 22.3 Å². The van der Waals surface area contributed by atoms with Gasteiger partial charge >= 0.3 is 5.97 Å². The summed E-state index contributed by atoms with van der Waals surface area (Å²) in [7, 11) is 0. The Hall–Kier alpha value is -3.45. The van der Waals surface area contributed by atoms with E-state index in [1.165, 1.54) is 41.2 Å². The Labute approximate surface area is 184 Å². The molecule has 0 spiro atoms. The number of carboxylic acid groups (broad SMARTS) is 1. The lowest BCUT2D eigenvalue weighted by molar-refractivity contribution is 0.0696. The molecule has 0 unspecified atom stereocenters. The van der Waals surface area contributed by atoms with Gasteiger partial charge in [0.15, 0.2) is 0 Å². The molecular formula is C24H24N2O4S. The Kier molecular flexibility index (Phi) is 6.27. The normalized spacial score (nSPS) is 11.9. The molecule has 2 aromatic carbocycles. The van der Waals surface area contributed by atoms with Crippen LogP contribution in [0, 0.1) is 0 Å². The van der Waals surface area contributed by atoms with Crippen molar-refractivity contribution >= 4 is 28.9 Å². The van der Waals surface area contributed by atoms with Gasteiger partial charge in [-0.3, -0.25) is 4.79 Å². The number of thiophene rings is 1. The molecule has 0 fully saturated rings. The summed E-state index contributed by atoms with van der Waals surface area (Å²) in [5.74, 6) is -1.41. The number of hydrazone groups is 1. The van der Waals surface area contributed by atoms with E-state index in [1.54, 1.807) is 12.3 Å². The second-order valence-electron chi connectivity index (χ2n) is 8.18. The van der Waals surface area contributed by atoms with Crippen LogP contribution in [-0.2, 0) is 5.41 Å². The van der Waals surface area contributed by atoms with Crippen LogP contribution in [0.1, 0.15) is 59.5 Å². The fourth-order valence-corrected chi connectivity index (χ4v) is 3.97. The number of rotatable bonds is 5. The molecule has 3 aromatic rings. The third kappa shape index (κ3) is 5.00. The van der Waals surface area contributed by atoms with E-state index in [2.05, 4.69) is 43.4 Å². The molecule has 3 N–H and O–H groups in total. The molecule has 6 nitrogen and oxygen atoms in total. The number of amides is 1. The maximum Gasteiger partial charge on any atom is 0.335 e. The summed E-state index contributed by atoms with van der Waals surface area (Å²) in [6, 6.07) is 13.7. The molecule has 1 aromatic heterocycles. The van der Waals surface area contributed by atoms with Crippen molar-refractivity contribution in [1.29, 1.82) is 0 Å². The highest BCUT2D eigenvalue weighted by atomic mass is 32.1. The first-order valence-electron chi connectivity index (χ1n) is 9.67. The van der Waals surface area contributed by atoms with Crippen molar-refractivity contribution in [2.75, 3.05) is 0 Å². The van der Waals surface area contributed by atoms with Gasteiger partial charge in [-0.05, 0) is 47.7 Å². The van der Waals surface area contributed by atoms with E-state index >= 15 is 0 Å². The number of aromatic carboxylic acids is 1. The summed E-state index contributed by atoms with van der Waals surface area (Å²) in [5, 5.41) is 25.5. The highest BCUT2D eigenvalue weighted by Gasteiger charge is 2.17. The molecule has 31 heavy (non-hydrogen) atoms. The number of hydrogen-bond donors (Lipinski definition) is 3. The molecule has 7 heteroatoms. The fourth-order valence-electron chi connectivity index (χ4n) is 2.96. The minimum atomic E-state index is -1.06. The Bertz CT molecular complexity index is 1140. The van der Waals surface area contributed by atoms with Gasteiger partial charge in [0, 0.05) is 10.9 Å². The Balaban J connectivity index is 1.76. The third-order valence-corrected chi connectivity index (χ3v) is 5.91. The highest BCUT2D eigenvalue weighted by Crippen LogP contribution is 2.39. The molecule has 0 radical (unpaired) electrons. The minimum Gasteiger partial charge on any atom is -0.506 e. The molecule has 0 saturated heterocycles. The van der Waals surface area contributed by atoms with E-state index in [0.717, 1.165) is 10.4 Å². The number of benzene rings is 2. The van der Waals surface area contributed by atoms with Gasteiger partial charge in [0.2, 0.25) is 0 Å². The van der Waals surface area contributed by atoms with Gasteiger partial charge in [-0.15, -0.1) is 11.3 Å². The number of hydrogen-bond acceptors (Lipinski definition) is 5. The number of carbonyl (C=O) groups excluding carboxylic acids is 1. The molecule has 0 bridgehead atoms. The predicted octanol–water partition coefficient (Wildman–Crippen LogP) is 5.27. The monoisotopic (exact) mass is 436 g/mol. The van der Waals surface area contributed by atoms with Crippen molar-refractivity contribution in [2.24, 2.45) is 5.10 Å². The molecule has 0 aliphatic rings. The largest absolute Gasteiger partial charge is 0.506 e. The van der Waals surface area contributed by atoms with Crippen LogP contribution in [0.15, 0.2) is 59.0 Å². The Morgan fingerprint density at radius 2 is 1.55 bits per heavy atom. The topological polar surface area (TPSA) is 99.0 Å². The molecule has 0 atom stereocenters. The van der Waals surface area contributed by atoms with Crippen molar-refractivity contribution in [3.63, 3.8) is 0 Å². The van der Waals surface area contributed by atoms with Crippen molar-refractivity contribution in [3.8, 4) is 16.2 Å². The van der Waals surface area contributed by atoms with Crippen LogP contribution >= 0.6 is 11.3 Å². The standard InChI is InChI=1S/C24H24N2O4S/c1-14(25-26-22(28)16-5-7-17(8-6-16)23(29)30)19-13-31-21(20(19)27)15-9-11-18(12-10-15)24(2,3)4/h5-13,27H,1-4H3,(H,26,28)(H,29,30)/b25-14+. The van der Waals surface area contributed by atoms with Crippen molar-refractivity contribution in [3.05, 3.63) is 76.2 Å². The molecule has 3 rings (SSSR count). The first-order valence-corrected chi connectivity index (χ1v) is 10.6. The molecular weight excluding hydrogens is 412 g/mol. The number of aromatic hydroxyl groups is 1. The molecule has 160 valence electrons. The average Bonchev–Trinajstić information content (AvgIpc) is 3.12. The van der Waals surface area contributed by atoms with Crippen LogP contribution in [-0.4, -0.2) is 27.8 Å². The first-order chi connectivity index (χ1) is 14.6. The van der Waals surface area contributed by atoms with Crippen molar-refractivity contribution in [1.82, 2.24) is 5.43 Å². The molecule has 1 amide bonds. The zero-order valence-corrected chi connectivity index (χ0v) is 18.6. The summed E-state index contributed by atoms with van der Waals surface area (Å²) in [6.45, 7) is 8.15. The first kappa shape index (κ1) is 22.2. The molecule has 1 heterocycles. The number of carbonyl (C=O) groups is 2. The van der Waals surface area contributed by atoms with Gasteiger partial charge in [0.25, 0.3) is 5.91 Å². The number of nitrogens with one attached hydrogen (secondary N) is 1. The predicted molar refractivity (Wildman–Crippen MR) is 123 cm³/mol. The smallest absolute Gasteiger partial charge is 0.335 e. The van der Waals surface area contributed by atoms with Gasteiger partial charge < -0.3 is 10.2 Å². The number of carboxylic acids is 1. The van der Waals surface area contributed by atoms with Gasteiger partial charge in [-0.2, -0.15) is 5.10 Å². The Morgan fingerprint density at radius 3 is 2.10 bits per heavy atom. The lowest BCUT2D eigenvalue weighted by atomic mass is 9.86. The van der Waals surface area contributed by atoms with Gasteiger partial charge in [-0.1, -0.05) is 45.0 Å². The van der Waals surface area contributed by atoms with E-state index in [9.17, 15) is 14.7 Å². The van der Waals surface area contributed by atoms with Crippen LogP contribution < -0.4 is 5.43 Å². The molecule has 0 saturated carbocycles. The van der Waals surface area contributed by atoms with E-state index in [4.69, 9.17) is 5.11 Å². The quantitative estimate of drug-likeness (QED) is 0.375. The second kappa shape index (κ2) is 8.73. The van der Waals surface area contributed by atoms with Gasteiger partial charge in [0.05, 0.1) is 21.7 Å². The lowest BCUT2D eigenvalue weighted by Gasteiger charge is -2.19. The summed E-state index contributed by atoms with van der Waals surface area (Å²) in [6.07, 6.45) is 0.